The maximum Gasteiger partial charge on any atom is 0.519 e. The van der Waals surface area contributed by atoms with Crippen molar-refractivity contribution in [3.8, 4) is 11.5 Å². The van der Waals surface area contributed by atoms with E-state index in [-0.39, 0.29) is 29.2 Å². The largest absolute Gasteiger partial charge is 0.519 e. The number of rotatable bonds is 5. The van der Waals surface area contributed by atoms with Crippen molar-refractivity contribution in [2.24, 2.45) is 17.8 Å². The summed E-state index contributed by atoms with van der Waals surface area (Å²) in [7, 11) is 0. The molecule has 2 spiro atoms. The van der Waals surface area contributed by atoms with E-state index in [1.807, 2.05) is 12.1 Å². The first-order valence-corrected chi connectivity index (χ1v) is 14.5. The minimum Gasteiger partial charge on any atom is -0.465 e. The van der Waals surface area contributed by atoms with Crippen LogP contribution in [0.15, 0.2) is 48.5 Å². The molecular formula is C30H32N2O10. The van der Waals surface area contributed by atoms with Gasteiger partial charge in [0.15, 0.2) is 0 Å². The molecule has 2 aromatic carbocycles. The van der Waals surface area contributed by atoms with Crippen molar-refractivity contribution in [2.45, 2.75) is 80.8 Å². The highest BCUT2D eigenvalue weighted by Crippen LogP contribution is 2.65. The van der Waals surface area contributed by atoms with Crippen LogP contribution in [0.4, 0.5) is 15.3 Å². The van der Waals surface area contributed by atoms with Crippen LogP contribution in [0.1, 0.15) is 69.3 Å². The lowest BCUT2D eigenvalue weighted by atomic mass is 9.50. The number of nitrogens with zero attached hydrogens (tertiary/aromatic N) is 1. The van der Waals surface area contributed by atoms with Gasteiger partial charge in [-0.25, -0.2) is 9.59 Å². The van der Waals surface area contributed by atoms with Crippen molar-refractivity contribution in [2.75, 3.05) is 0 Å². The van der Waals surface area contributed by atoms with E-state index in [4.69, 9.17) is 24.0 Å². The Morgan fingerprint density at radius 2 is 1.57 bits per heavy atom. The monoisotopic (exact) mass is 580 g/mol. The molecule has 1 amide bonds. The lowest BCUT2D eigenvalue weighted by Crippen LogP contribution is -2.68. The Kier molecular flexibility index (Phi) is 6.41. The van der Waals surface area contributed by atoms with Crippen molar-refractivity contribution in [1.82, 2.24) is 5.32 Å². The van der Waals surface area contributed by atoms with Crippen molar-refractivity contribution < 1.29 is 43.6 Å². The zero-order chi connectivity index (χ0) is 29.1. The molecule has 1 saturated heterocycles. The number of carbonyl (C=O) groups is 2. The number of hydrogen-bond acceptors (Lipinski definition) is 9. The van der Waals surface area contributed by atoms with E-state index in [0.717, 1.165) is 44.1 Å². The average Bonchev–Trinajstić information content (AvgIpc) is 3.30. The summed E-state index contributed by atoms with van der Waals surface area (Å²) in [6.45, 7) is 0. The van der Waals surface area contributed by atoms with Gasteiger partial charge in [0, 0.05) is 42.3 Å². The Bertz CT molecular complexity index is 1380. The summed E-state index contributed by atoms with van der Waals surface area (Å²) in [5.41, 5.74) is 0.557. The molecule has 3 unspecified atom stereocenters. The fourth-order valence-electron chi connectivity index (χ4n) is 8.38. The lowest BCUT2D eigenvalue weighted by Gasteiger charge is -2.61. The van der Waals surface area contributed by atoms with Crippen LogP contribution in [0.5, 0.6) is 11.5 Å². The van der Waals surface area contributed by atoms with Gasteiger partial charge in [0.1, 0.15) is 11.5 Å². The lowest BCUT2D eigenvalue weighted by molar-refractivity contribution is -0.391. The molecule has 8 rings (SSSR count). The molecular weight excluding hydrogens is 548 g/mol. The Balaban J connectivity index is 0.990. The molecule has 1 heterocycles. The minimum atomic E-state index is -0.972. The second-order valence-electron chi connectivity index (χ2n) is 12.5. The second kappa shape index (κ2) is 9.92. The van der Waals surface area contributed by atoms with Gasteiger partial charge in [-0.2, -0.15) is 9.78 Å². The molecule has 12 nitrogen and oxygen atoms in total. The maximum absolute atomic E-state index is 12.2. The molecule has 7 atom stereocenters. The number of benzene rings is 2. The molecule has 0 radical (unpaired) electrons. The van der Waals surface area contributed by atoms with E-state index in [1.165, 1.54) is 24.3 Å². The van der Waals surface area contributed by atoms with E-state index in [2.05, 4.69) is 5.32 Å². The standard InChI is InChI=1S/C30H32N2O10/c33-26(34)31-28-14-18-12-21(16-28)30(22(13-18)17-28)40-29(41-42-30)11-1-2-20(15-29)19-3-7-24(8-4-19)38-27(35)39-25-9-5-23(6-10-25)32(36)37/h3-10,18,20-22,31H,1-2,11-17H2,(H,33,34)/t18?,20-,21-,22+,28?,29-,30?/m1/s1. The van der Waals surface area contributed by atoms with Crippen molar-refractivity contribution in [1.29, 1.82) is 0 Å². The summed E-state index contributed by atoms with van der Waals surface area (Å²) in [4.78, 5) is 46.3. The number of carboxylic acid groups (broad SMARTS) is 1. The Hall–Kier alpha value is -3.74. The summed E-state index contributed by atoms with van der Waals surface area (Å²) in [6, 6.07) is 12.4. The highest BCUT2D eigenvalue weighted by molar-refractivity contribution is 5.67. The molecule has 5 aliphatic carbocycles. The predicted octanol–water partition coefficient (Wildman–Crippen LogP) is 6.05. The molecule has 2 N–H and O–H groups in total. The van der Waals surface area contributed by atoms with Gasteiger partial charge in [0.2, 0.25) is 11.6 Å². The number of hydrogen-bond donors (Lipinski definition) is 2. The topological polar surface area (TPSA) is 156 Å². The predicted molar refractivity (Wildman–Crippen MR) is 144 cm³/mol. The number of carbonyl (C=O) groups excluding carboxylic acids is 1. The Morgan fingerprint density at radius 1 is 0.929 bits per heavy atom. The molecule has 6 fully saturated rings. The van der Waals surface area contributed by atoms with Crippen LogP contribution < -0.4 is 14.8 Å². The Morgan fingerprint density at radius 3 is 2.19 bits per heavy atom. The van der Waals surface area contributed by atoms with Crippen LogP contribution in [0.2, 0.25) is 0 Å². The van der Waals surface area contributed by atoms with E-state index in [1.54, 1.807) is 12.1 Å². The van der Waals surface area contributed by atoms with Crippen LogP contribution in [0.25, 0.3) is 0 Å². The van der Waals surface area contributed by atoms with Crippen molar-refractivity contribution in [3.05, 3.63) is 64.2 Å². The average molecular weight is 581 g/mol. The van der Waals surface area contributed by atoms with E-state index in [0.29, 0.717) is 30.9 Å². The first kappa shape index (κ1) is 27.1. The normalized spacial score (nSPS) is 36.2. The van der Waals surface area contributed by atoms with Gasteiger partial charge < -0.3 is 24.6 Å². The molecule has 5 saturated carbocycles. The van der Waals surface area contributed by atoms with E-state index < -0.39 is 34.3 Å². The summed E-state index contributed by atoms with van der Waals surface area (Å²) in [5, 5.41) is 23.1. The fraction of sp³-hybridized carbons (Fsp3) is 0.533. The van der Waals surface area contributed by atoms with Crippen LogP contribution in [0, 0.1) is 27.9 Å². The summed E-state index contributed by atoms with van der Waals surface area (Å²) >= 11 is 0. The molecule has 12 heteroatoms. The van der Waals surface area contributed by atoms with E-state index in [9.17, 15) is 24.8 Å². The molecule has 2 aromatic rings. The minimum absolute atomic E-state index is 0.0811. The Labute approximate surface area is 241 Å². The van der Waals surface area contributed by atoms with Crippen molar-refractivity contribution in [3.63, 3.8) is 0 Å². The zero-order valence-electron chi connectivity index (χ0n) is 22.9. The molecule has 4 bridgehead atoms. The number of nitro benzene ring substituents is 1. The highest BCUT2D eigenvalue weighted by Gasteiger charge is 2.70. The molecule has 222 valence electrons. The van der Waals surface area contributed by atoms with Crippen LogP contribution in [0.3, 0.4) is 0 Å². The number of ether oxygens (including phenoxy) is 3. The van der Waals surface area contributed by atoms with Gasteiger partial charge in [-0.05, 0) is 86.6 Å². The van der Waals surface area contributed by atoms with Gasteiger partial charge in [-0.15, -0.1) is 0 Å². The van der Waals surface area contributed by atoms with Gasteiger partial charge in [-0.3, -0.25) is 10.1 Å². The molecule has 1 aliphatic heterocycles. The maximum atomic E-state index is 12.2. The molecule has 6 aliphatic rings. The number of amides is 1. The van der Waals surface area contributed by atoms with Crippen LogP contribution >= 0.6 is 0 Å². The second-order valence-corrected chi connectivity index (χ2v) is 12.5. The smallest absolute Gasteiger partial charge is 0.465 e. The first-order chi connectivity index (χ1) is 20.1. The molecule has 0 aromatic heterocycles. The third kappa shape index (κ3) is 4.77. The first-order valence-electron chi connectivity index (χ1n) is 14.5. The number of nitro groups is 1. The quantitative estimate of drug-likeness (QED) is 0.140. The van der Waals surface area contributed by atoms with Gasteiger partial charge >= 0.3 is 12.2 Å². The SMILES string of the molecule is O=C(O)NC12CC3C[C@H](C1)C1(OO[C@@]4(CCC[C@@H](c5ccc(OC(=O)Oc6ccc([N+](=O)[O-])cc6)cc5)C4)O1)[C@@H](C3)C2. The van der Waals surface area contributed by atoms with Crippen molar-refractivity contribution >= 4 is 17.9 Å². The van der Waals surface area contributed by atoms with Gasteiger partial charge in [0.25, 0.3) is 5.69 Å². The zero-order valence-corrected chi connectivity index (χ0v) is 22.9. The number of nitrogens with one attached hydrogen (secondary N) is 1. The van der Waals surface area contributed by atoms with E-state index >= 15 is 0 Å². The highest BCUT2D eigenvalue weighted by atomic mass is 17.3. The van der Waals surface area contributed by atoms with Crippen LogP contribution in [-0.2, 0) is 14.5 Å². The van der Waals surface area contributed by atoms with Gasteiger partial charge in [0.05, 0.1) is 4.92 Å². The third-order valence-electron chi connectivity index (χ3n) is 9.84. The molecule has 42 heavy (non-hydrogen) atoms. The third-order valence-corrected chi connectivity index (χ3v) is 9.84. The van der Waals surface area contributed by atoms with Crippen LogP contribution in [-0.4, -0.2) is 39.4 Å². The number of non-ortho nitro benzene ring substituents is 1. The summed E-state index contributed by atoms with van der Waals surface area (Å²) < 4.78 is 17.3. The van der Waals surface area contributed by atoms with Gasteiger partial charge in [-0.1, -0.05) is 12.1 Å². The summed E-state index contributed by atoms with van der Waals surface area (Å²) in [6.07, 6.45) is 5.46. The summed E-state index contributed by atoms with van der Waals surface area (Å²) in [5.74, 6) is -0.455. The fourth-order valence-corrected chi connectivity index (χ4v) is 8.38.